The molecule has 0 saturated heterocycles. The van der Waals surface area contributed by atoms with Crippen molar-refractivity contribution in [2.75, 3.05) is 18.8 Å². The molecule has 0 atom stereocenters. The molecule has 0 bridgehead atoms. The second kappa shape index (κ2) is 8.92. The topological polar surface area (TPSA) is 242 Å². The first-order chi connectivity index (χ1) is 16.1. The highest BCUT2D eigenvalue weighted by atomic mass is 32.2. The second-order valence-corrected chi connectivity index (χ2v) is 10.3. The van der Waals surface area contributed by atoms with E-state index >= 15 is 0 Å². The Labute approximate surface area is 194 Å². The van der Waals surface area contributed by atoms with Crippen molar-refractivity contribution in [2.45, 2.75) is 9.79 Å². The molecule has 34 heavy (non-hydrogen) atoms. The van der Waals surface area contributed by atoms with Crippen LogP contribution in [0.15, 0.2) is 52.4 Å². The zero-order valence-electron chi connectivity index (χ0n) is 17.4. The molecule has 0 aliphatic heterocycles. The van der Waals surface area contributed by atoms with Crippen molar-refractivity contribution in [2.24, 2.45) is 10.9 Å². The number of H-pyrrole nitrogens is 2. The maximum atomic E-state index is 12.9. The number of nitrogen functional groups attached to an aromatic ring is 1. The van der Waals surface area contributed by atoms with Gasteiger partial charge < -0.3 is 16.5 Å². The number of aromatic amines is 2. The number of rotatable bonds is 8. The molecule has 0 unspecified atom stereocenters. The smallest absolute Gasteiger partial charge is 0.241 e. The summed E-state index contributed by atoms with van der Waals surface area (Å²) in [6.45, 7) is -0.106. The van der Waals surface area contributed by atoms with Crippen molar-refractivity contribution < 1.29 is 16.8 Å². The quantitative estimate of drug-likeness (QED) is 0.178. The van der Waals surface area contributed by atoms with Gasteiger partial charge in [-0.1, -0.05) is 24.3 Å². The number of sulfonamides is 2. The lowest BCUT2D eigenvalue weighted by Crippen LogP contribution is -2.31. The van der Waals surface area contributed by atoms with Crippen LogP contribution in [0.25, 0.3) is 33.8 Å². The van der Waals surface area contributed by atoms with E-state index in [1.807, 2.05) is 0 Å². The van der Waals surface area contributed by atoms with E-state index in [-0.39, 0.29) is 30.4 Å². The van der Waals surface area contributed by atoms with Crippen molar-refractivity contribution in [1.29, 1.82) is 0 Å². The Kier molecular flexibility index (Phi) is 6.15. The number of nitrogens with one attached hydrogen (secondary N) is 3. The molecule has 2 aromatic heterocycles. The van der Waals surface area contributed by atoms with Crippen LogP contribution in [0.5, 0.6) is 0 Å². The molecule has 0 spiro atoms. The third-order valence-electron chi connectivity index (χ3n) is 4.77. The Morgan fingerprint density at radius 3 is 2.44 bits per heavy atom. The largest absolute Gasteiger partial charge is 0.369 e. The average Bonchev–Trinajstić information content (AvgIpc) is 3.48. The number of nitrogens with zero attached hydrogens (tertiary/aromatic N) is 4. The molecule has 0 saturated carbocycles. The van der Waals surface area contributed by atoms with Crippen molar-refractivity contribution in [1.82, 2.24) is 35.3 Å². The number of benzene rings is 2. The van der Waals surface area contributed by atoms with Crippen LogP contribution < -0.4 is 21.3 Å². The number of hydrogen-bond donors (Lipinski definition) is 6. The number of hydrogen-bond acceptors (Lipinski definition) is 10. The van der Waals surface area contributed by atoms with Crippen LogP contribution in [0.2, 0.25) is 0 Å². The molecule has 4 rings (SSSR count). The van der Waals surface area contributed by atoms with Crippen LogP contribution >= 0.6 is 0 Å². The third kappa shape index (κ3) is 4.52. The Morgan fingerprint density at radius 2 is 1.82 bits per heavy atom. The number of tetrazole rings is 1. The van der Waals surface area contributed by atoms with Crippen LogP contribution in [0.1, 0.15) is 0 Å². The van der Waals surface area contributed by atoms with E-state index in [1.54, 1.807) is 30.5 Å². The molecular weight excluding hydrogens is 484 g/mol. The molecule has 0 aliphatic carbocycles. The molecule has 0 radical (unpaired) electrons. The van der Waals surface area contributed by atoms with Gasteiger partial charge in [-0.2, -0.15) is 5.21 Å². The molecule has 2 aromatic carbocycles. The number of anilines is 1. The van der Waals surface area contributed by atoms with Gasteiger partial charge in [0.15, 0.2) is 5.95 Å². The number of primary sulfonamides is 1. The summed E-state index contributed by atoms with van der Waals surface area (Å²) in [7, 11) is -8.89. The summed E-state index contributed by atoms with van der Waals surface area (Å²) in [5, 5.41) is 19.0. The van der Waals surface area contributed by atoms with Crippen molar-refractivity contribution >= 4 is 26.0 Å². The minimum Gasteiger partial charge on any atom is -0.369 e. The van der Waals surface area contributed by atoms with Crippen molar-refractivity contribution in [3.63, 3.8) is 0 Å². The first-order valence-electron chi connectivity index (χ1n) is 9.67. The number of aromatic nitrogens is 6. The minimum atomic E-state index is -4.59. The molecule has 0 amide bonds. The third-order valence-corrected chi connectivity index (χ3v) is 7.39. The Bertz CT molecular complexity index is 1550. The lowest BCUT2D eigenvalue weighted by Gasteiger charge is -2.16. The molecular formula is C18H20N10O4S2. The lowest BCUT2D eigenvalue weighted by molar-refractivity contribution is 0.574. The highest BCUT2D eigenvalue weighted by Crippen LogP contribution is 2.39. The van der Waals surface area contributed by atoms with Crippen LogP contribution in [-0.2, 0) is 20.0 Å². The summed E-state index contributed by atoms with van der Waals surface area (Å²) in [4.78, 5) is 5.73. The SMILES string of the molecule is NCCNS(=O)(=O)c1ccc(-c2cccc(-c3c[nH]c(N)n3)c2)c(-c2nn[nH]n2)c1S(N)(=O)=O. The zero-order chi connectivity index (χ0) is 24.5. The maximum absolute atomic E-state index is 12.9. The van der Waals surface area contributed by atoms with Crippen LogP contribution in [0, 0.1) is 0 Å². The highest BCUT2D eigenvalue weighted by molar-refractivity contribution is 7.92. The fourth-order valence-electron chi connectivity index (χ4n) is 3.39. The van der Waals surface area contributed by atoms with Gasteiger partial charge in [0.1, 0.15) is 9.79 Å². The van der Waals surface area contributed by atoms with Gasteiger partial charge in [-0.05, 0) is 28.5 Å². The van der Waals surface area contributed by atoms with E-state index in [9.17, 15) is 16.8 Å². The van der Waals surface area contributed by atoms with Gasteiger partial charge in [-0.25, -0.2) is 31.7 Å². The van der Waals surface area contributed by atoms with Gasteiger partial charge in [-0.3, -0.25) is 0 Å². The Hall–Kier alpha value is -3.70. The Morgan fingerprint density at radius 1 is 1.06 bits per heavy atom. The lowest BCUT2D eigenvalue weighted by atomic mass is 9.97. The standard InChI is InChI=1S/C18H20N10O4S2/c19-6-7-23-34(31,32)14-5-4-12(15(16(14)33(21,29)30)17-25-27-28-26-17)10-2-1-3-11(8-10)13-9-22-18(20)24-13/h1-5,8-9,23H,6-7,19H2,(H3,20,22,24)(H2,21,29,30)(H,25,26,27,28). The second-order valence-electron chi connectivity index (χ2n) is 7.03. The van der Waals surface area contributed by atoms with Crippen LogP contribution in [-0.4, -0.2) is 60.5 Å². The first kappa shape index (κ1) is 23.5. The van der Waals surface area contributed by atoms with E-state index in [1.165, 1.54) is 6.07 Å². The van der Waals surface area contributed by atoms with Crippen LogP contribution in [0.3, 0.4) is 0 Å². The van der Waals surface area contributed by atoms with E-state index in [0.29, 0.717) is 22.4 Å². The average molecular weight is 505 g/mol. The molecule has 16 heteroatoms. The number of imidazole rings is 1. The van der Waals surface area contributed by atoms with Crippen molar-refractivity contribution in [3.8, 4) is 33.8 Å². The summed E-state index contributed by atoms with van der Waals surface area (Å²) in [5.74, 6) is 0.0632. The first-order valence-corrected chi connectivity index (χ1v) is 12.7. The fraction of sp³-hybridized carbons (Fsp3) is 0.111. The predicted octanol–water partition coefficient (Wildman–Crippen LogP) is -0.610. The molecule has 0 aliphatic rings. The summed E-state index contributed by atoms with van der Waals surface area (Å²) in [5.41, 5.74) is 13.0. The van der Waals surface area contributed by atoms with Gasteiger partial charge in [0.05, 0.1) is 11.3 Å². The van der Waals surface area contributed by atoms with Gasteiger partial charge in [0.2, 0.25) is 25.9 Å². The van der Waals surface area contributed by atoms with Gasteiger partial charge in [-0.15, -0.1) is 10.2 Å². The molecule has 2 heterocycles. The van der Waals surface area contributed by atoms with E-state index in [4.69, 9.17) is 16.6 Å². The molecule has 14 nitrogen and oxygen atoms in total. The Balaban J connectivity index is 2.02. The van der Waals surface area contributed by atoms with Gasteiger partial charge in [0, 0.05) is 24.8 Å². The monoisotopic (exact) mass is 504 g/mol. The normalized spacial score (nSPS) is 12.2. The summed E-state index contributed by atoms with van der Waals surface area (Å²) >= 11 is 0. The van der Waals surface area contributed by atoms with E-state index in [2.05, 4.69) is 35.3 Å². The van der Waals surface area contributed by atoms with E-state index in [0.717, 1.165) is 6.07 Å². The minimum absolute atomic E-state index is 0.00418. The fourth-order valence-corrected chi connectivity index (χ4v) is 6.04. The maximum Gasteiger partial charge on any atom is 0.241 e. The van der Waals surface area contributed by atoms with E-state index < -0.39 is 29.8 Å². The highest BCUT2D eigenvalue weighted by Gasteiger charge is 2.32. The van der Waals surface area contributed by atoms with Gasteiger partial charge >= 0.3 is 0 Å². The molecule has 4 aromatic rings. The molecule has 9 N–H and O–H groups in total. The predicted molar refractivity (Wildman–Crippen MR) is 123 cm³/mol. The van der Waals surface area contributed by atoms with Gasteiger partial charge in [0.25, 0.3) is 0 Å². The van der Waals surface area contributed by atoms with Crippen molar-refractivity contribution in [3.05, 3.63) is 42.6 Å². The summed E-state index contributed by atoms with van der Waals surface area (Å²) < 4.78 is 53.5. The summed E-state index contributed by atoms with van der Waals surface area (Å²) in [6, 6.07) is 9.52. The number of nitrogens with two attached hydrogens (primary N) is 3. The van der Waals surface area contributed by atoms with Crippen LogP contribution in [0.4, 0.5) is 5.95 Å². The zero-order valence-corrected chi connectivity index (χ0v) is 19.1. The summed E-state index contributed by atoms with van der Waals surface area (Å²) in [6.07, 6.45) is 1.61. The molecule has 0 fully saturated rings. The molecule has 178 valence electrons.